The third-order valence-electron chi connectivity index (χ3n) is 4.58. The summed E-state index contributed by atoms with van der Waals surface area (Å²) in [5.74, 6) is 3.32. The average Bonchev–Trinajstić information content (AvgIpc) is 2.95. The van der Waals surface area contributed by atoms with E-state index in [0.717, 1.165) is 48.0 Å². The van der Waals surface area contributed by atoms with Gasteiger partial charge in [-0.15, -0.1) is 0 Å². The molecule has 1 aromatic rings. The van der Waals surface area contributed by atoms with Gasteiger partial charge in [0.25, 0.3) is 0 Å². The highest BCUT2D eigenvalue weighted by molar-refractivity contribution is 5.52. The third kappa shape index (κ3) is 3.26. The van der Waals surface area contributed by atoms with Gasteiger partial charge in [0.2, 0.25) is 6.79 Å². The van der Waals surface area contributed by atoms with Crippen molar-refractivity contribution in [2.75, 3.05) is 13.3 Å². The normalized spacial score (nSPS) is 24.1. The molecule has 0 spiro atoms. The summed E-state index contributed by atoms with van der Waals surface area (Å²) in [6.07, 6.45) is 7.28. The smallest absolute Gasteiger partial charge is 0.231 e. The molecular formula is C17H25NO3. The van der Waals surface area contributed by atoms with E-state index < -0.39 is 0 Å². The summed E-state index contributed by atoms with van der Waals surface area (Å²) in [6.45, 7) is 3.17. The van der Waals surface area contributed by atoms with Gasteiger partial charge in [0, 0.05) is 6.07 Å². The van der Waals surface area contributed by atoms with E-state index in [2.05, 4.69) is 6.92 Å². The van der Waals surface area contributed by atoms with Gasteiger partial charge in [-0.25, -0.2) is 0 Å². The van der Waals surface area contributed by atoms with Crippen molar-refractivity contribution < 1.29 is 14.2 Å². The summed E-state index contributed by atoms with van der Waals surface area (Å²) in [7, 11) is 0. The molecule has 1 heterocycles. The van der Waals surface area contributed by atoms with Gasteiger partial charge in [-0.2, -0.15) is 0 Å². The molecule has 2 N–H and O–H groups in total. The molecule has 0 saturated heterocycles. The molecule has 1 aromatic carbocycles. The van der Waals surface area contributed by atoms with Gasteiger partial charge in [0.15, 0.2) is 11.5 Å². The van der Waals surface area contributed by atoms with Crippen LogP contribution in [0.2, 0.25) is 0 Å². The predicted octanol–water partition coefficient (Wildman–Crippen LogP) is 3.26. The fourth-order valence-corrected chi connectivity index (χ4v) is 3.33. The van der Waals surface area contributed by atoms with Crippen LogP contribution in [0.1, 0.15) is 44.6 Å². The molecule has 21 heavy (non-hydrogen) atoms. The van der Waals surface area contributed by atoms with E-state index in [-0.39, 0.29) is 0 Å². The van der Waals surface area contributed by atoms with Crippen molar-refractivity contribution in [1.82, 2.24) is 0 Å². The number of hydrogen-bond acceptors (Lipinski definition) is 4. The summed E-state index contributed by atoms with van der Waals surface area (Å²) < 4.78 is 17.2. The third-order valence-corrected chi connectivity index (χ3v) is 4.58. The molecule has 1 aliphatic heterocycles. The lowest BCUT2D eigenvalue weighted by Crippen LogP contribution is -2.25. The fraction of sp³-hybridized carbons (Fsp3) is 0.647. The van der Waals surface area contributed by atoms with Crippen molar-refractivity contribution >= 4 is 0 Å². The molecular weight excluding hydrogens is 266 g/mol. The molecule has 0 bridgehead atoms. The summed E-state index contributed by atoms with van der Waals surface area (Å²) >= 11 is 0. The molecule has 2 unspecified atom stereocenters. The maximum absolute atomic E-state index is 6.31. The minimum absolute atomic E-state index is 0.294. The van der Waals surface area contributed by atoms with E-state index in [1.807, 2.05) is 12.1 Å². The van der Waals surface area contributed by atoms with E-state index in [9.17, 15) is 0 Å². The zero-order valence-electron chi connectivity index (χ0n) is 12.8. The molecule has 3 rings (SSSR count). The second kappa shape index (κ2) is 6.56. The van der Waals surface area contributed by atoms with Crippen LogP contribution in [-0.4, -0.2) is 19.4 Å². The molecule has 2 aliphatic rings. The Morgan fingerprint density at radius 2 is 2.05 bits per heavy atom. The monoisotopic (exact) mass is 291 g/mol. The number of nitrogens with two attached hydrogens (primary N) is 1. The van der Waals surface area contributed by atoms with Crippen LogP contribution in [0.25, 0.3) is 0 Å². The van der Waals surface area contributed by atoms with Crippen molar-refractivity contribution in [3.05, 3.63) is 17.7 Å². The van der Waals surface area contributed by atoms with Crippen molar-refractivity contribution in [3.8, 4) is 17.2 Å². The van der Waals surface area contributed by atoms with Crippen molar-refractivity contribution in [2.24, 2.45) is 11.7 Å². The van der Waals surface area contributed by atoms with Gasteiger partial charge in [-0.1, -0.05) is 19.8 Å². The Kier molecular flexibility index (Phi) is 4.54. The van der Waals surface area contributed by atoms with Crippen molar-refractivity contribution in [3.63, 3.8) is 0 Å². The molecule has 2 atom stereocenters. The van der Waals surface area contributed by atoms with Gasteiger partial charge in [-0.05, 0) is 49.8 Å². The first-order valence-electron chi connectivity index (χ1n) is 8.09. The first-order chi connectivity index (χ1) is 10.3. The molecule has 0 amide bonds. The molecule has 1 aliphatic carbocycles. The lowest BCUT2D eigenvalue weighted by Gasteiger charge is -2.29. The molecule has 116 valence electrons. The average molecular weight is 291 g/mol. The van der Waals surface area contributed by atoms with Crippen LogP contribution in [0.3, 0.4) is 0 Å². The van der Waals surface area contributed by atoms with E-state index in [1.165, 1.54) is 19.3 Å². The van der Waals surface area contributed by atoms with Crippen LogP contribution < -0.4 is 19.9 Å². The Bertz CT molecular complexity index is 489. The first kappa shape index (κ1) is 14.5. The molecule has 4 nitrogen and oxygen atoms in total. The predicted molar refractivity (Wildman–Crippen MR) is 82.0 cm³/mol. The standard InChI is InChI=1S/C17H25NO3/c1-2-12-4-3-5-14(8-12)21-15-10-17-16(19-11-20-17)9-13(15)6-7-18/h9-10,12,14H,2-8,11,18H2,1H3. The minimum Gasteiger partial charge on any atom is -0.490 e. The van der Waals surface area contributed by atoms with E-state index >= 15 is 0 Å². The van der Waals surface area contributed by atoms with Gasteiger partial charge in [0.05, 0.1) is 6.10 Å². The topological polar surface area (TPSA) is 53.7 Å². The lowest BCUT2D eigenvalue weighted by molar-refractivity contribution is 0.120. The van der Waals surface area contributed by atoms with Gasteiger partial charge < -0.3 is 19.9 Å². The maximum atomic E-state index is 6.31. The highest BCUT2D eigenvalue weighted by Gasteiger charge is 2.24. The first-order valence-corrected chi connectivity index (χ1v) is 8.09. The molecule has 0 aromatic heterocycles. The Morgan fingerprint density at radius 3 is 2.81 bits per heavy atom. The van der Waals surface area contributed by atoms with Crippen LogP contribution in [0.15, 0.2) is 12.1 Å². The van der Waals surface area contributed by atoms with Crippen molar-refractivity contribution in [1.29, 1.82) is 0 Å². The largest absolute Gasteiger partial charge is 0.490 e. The summed E-state index contributed by atoms with van der Waals surface area (Å²) in [5.41, 5.74) is 6.85. The quantitative estimate of drug-likeness (QED) is 0.904. The summed E-state index contributed by atoms with van der Waals surface area (Å²) in [4.78, 5) is 0. The zero-order chi connectivity index (χ0) is 14.7. The molecule has 4 heteroatoms. The number of rotatable bonds is 5. The van der Waals surface area contributed by atoms with Crippen LogP contribution in [0.4, 0.5) is 0 Å². The number of fused-ring (bicyclic) bond motifs is 1. The van der Waals surface area contributed by atoms with Crippen LogP contribution >= 0.6 is 0 Å². The van der Waals surface area contributed by atoms with E-state index in [0.29, 0.717) is 19.4 Å². The highest BCUT2D eigenvalue weighted by Crippen LogP contribution is 2.40. The van der Waals surface area contributed by atoms with Crippen molar-refractivity contribution in [2.45, 2.75) is 51.6 Å². The van der Waals surface area contributed by atoms with Gasteiger partial charge in [0.1, 0.15) is 5.75 Å². The molecule has 0 radical (unpaired) electrons. The zero-order valence-corrected chi connectivity index (χ0v) is 12.8. The Morgan fingerprint density at radius 1 is 1.24 bits per heavy atom. The second-order valence-corrected chi connectivity index (χ2v) is 6.03. The molecule has 1 saturated carbocycles. The van der Waals surface area contributed by atoms with Crippen LogP contribution in [0.5, 0.6) is 17.2 Å². The minimum atomic E-state index is 0.294. The number of ether oxygens (including phenoxy) is 3. The molecule has 1 fully saturated rings. The van der Waals surface area contributed by atoms with Crippen LogP contribution in [-0.2, 0) is 6.42 Å². The Labute approximate surface area is 126 Å². The van der Waals surface area contributed by atoms with Crippen LogP contribution in [0, 0.1) is 5.92 Å². The second-order valence-electron chi connectivity index (χ2n) is 6.03. The Hall–Kier alpha value is -1.42. The Balaban J connectivity index is 1.77. The highest BCUT2D eigenvalue weighted by atomic mass is 16.7. The van der Waals surface area contributed by atoms with Gasteiger partial charge in [-0.3, -0.25) is 0 Å². The van der Waals surface area contributed by atoms with E-state index in [4.69, 9.17) is 19.9 Å². The SMILES string of the molecule is CCC1CCCC(Oc2cc3c(cc2CCN)OCO3)C1. The number of hydrogen-bond donors (Lipinski definition) is 1. The van der Waals surface area contributed by atoms with Gasteiger partial charge >= 0.3 is 0 Å². The maximum Gasteiger partial charge on any atom is 0.231 e. The number of benzene rings is 1. The fourth-order valence-electron chi connectivity index (χ4n) is 3.33. The summed E-state index contributed by atoms with van der Waals surface area (Å²) in [6, 6.07) is 3.99. The summed E-state index contributed by atoms with van der Waals surface area (Å²) in [5, 5.41) is 0. The van der Waals surface area contributed by atoms with E-state index in [1.54, 1.807) is 0 Å². The lowest BCUT2D eigenvalue weighted by atomic mass is 9.85.